The fraction of sp³-hybridized carbons (Fsp3) is 0.674. The van der Waals surface area contributed by atoms with Gasteiger partial charge in [0.05, 0.1) is 11.9 Å². The number of piperazine rings is 1. The first kappa shape index (κ1) is 47.9. The van der Waals surface area contributed by atoms with Gasteiger partial charge in [0.25, 0.3) is 0 Å². The van der Waals surface area contributed by atoms with Crippen LogP contribution in [0.2, 0.25) is 5.02 Å². The smallest absolute Gasteiger partial charge is 0.108 e. The van der Waals surface area contributed by atoms with Gasteiger partial charge in [-0.25, -0.2) is 0 Å². The Morgan fingerprint density at radius 1 is 0.833 bits per heavy atom. The summed E-state index contributed by atoms with van der Waals surface area (Å²) in [5.74, 6) is 4.03. The van der Waals surface area contributed by atoms with Crippen molar-refractivity contribution in [2.45, 2.75) is 154 Å². The molecule has 278 valence electrons. The number of fused-ring (bicyclic) bond motifs is 1. The van der Waals surface area contributed by atoms with Crippen LogP contribution in [-0.4, -0.2) is 37.1 Å². The topological polar surface area (TPSA) is 39.3 Å². The van der Waals surface area contributed by atoms with Crippen molar-refractivity contribution in [3.63, 3.8) is 0 Å². The van der Waals surface area contributed by atoms with Gasteiger partial charge < -0.3 is 20.9 Å². The highest BCUT2D eigenvalue weighted by Crippen LogP contribution is 2.27. The van der Waals surface area contributed by atoms with E-state index >= 15 is 0 Å². The van der Waals surface area contributed by atoms with Gasteiger partial charge in [0.2, 0.25) is 0 Å². The molecule has 2 heterocycles. The Balaban J connectivity index is 0. The minimum atomic E-state index is 0.438. The summed E-state index contributed by atoms with van der Waals surface area (Å²) >= 11 is 6.06. The second kappa shape index (κ2) is 30.9. The summed E-state index contributed by atoms with van der Waals surface area (Å²) in [5.41, 5.74) is 2.78. The maximum Gasteiger partial charge on any atom is 0.108 e. The van der Waals surface area contributed by atoms with Crippen molar-refractivity contribution < 1.29 is 0 Å². The van der Waals surface area contributed by atoms with Crippen LogP contribution in [0.1, 0.15) is 146 Å². The Kier molecular flexibility index (Phi) is 30.8. The molecule has 4 rings (SSSR count). The molecule has 3 unspecified atom stereocenters. The lowest BCUT2D eigenvalue weighted by molar-refractivity contribution is 0.268. The van der Waals surface area contributed by atoms with Crippen molar-refractivity contribution in [1.29, 1.82) is 0 Å². The molecule has 1 saturated heterocycles. The summed E-state index contributed by atoms with van der Waals surface area (Å²) in [7, 11) is 0. The van der Waals surface area contributed by atoms with Gasteiger partial charge in [-0.3, -0.25) is 0 Å². The van der Waals surface area contributed by atoms with E-state index in [0.29, 0.717) is 6.04 Å². The monoisotopic (exact) mass is 687 g/mol. The molecule has 0 radical (unpaired) electrons. The molecule has 5 heteroatoms. The summed E-state index contributed by atoms with van der Waals surface area (Å²) in [6.07, 6.45) is 11.8. The molecule has 48 heavy (non-hydrogen) atoms. The van der Waals surface area contributed by atoms with Crippen LogP contribution < -0.4 is 16.0 Å². The maximum atomic E-state index is 6.06. The van der Waals surface area contributed by atoms with Crippen LogP contribution in [0.5, 0.6) is 0 Å². The summed E-state index contributed by atoms with van der Waals surface area (Å²) in [5, 5.41) is 13.7. The largest absolute Gasteiger partial charge is 0.365 e. The van der Waals surface area contributed by atoms with E-state index in [1.807, 2.05) is 59.7 Å². The minimum Gasteiger partial charge on any atom is -0.365 e. The normalized spacial score (nSPS) is 16.3. The van der Waals surface area contributed by atoms with E-state index in [4.69, 9.17) is 11.6 Å². The van der Waals surface area contributed by atoms with Crippen molar-refractivity contribution in [3.05, 3.63) is 70.8 Å². The van der Waals surface area contributed by atoms with Crippen LogP contribution in [0.15, 0.2) is 60.2 Å². The van der Waals surface area contributed by atoms with Gasteiger partial charge in [0.1, 0.15) is 5.82 Å². The molecule has 0 saturated carbocycles. The van der Waals surface area contributed by atoms with E-state index in [-0.39, 0.29) is 0 Å². The summed E-state index contributed by atoms with van der Waals surface area (Å²) in [4.78, 5) is 2.50. The number of rotatable bonds is 11. The number of benzene rings is 2. The molecular formula is C43H79ClN4. The number of nitrogens with one attached hydrogen (secondary N) is 3. The van der Waals surface area contributed by atoms with Gasteiger partial charge >= 0.3 is 0 Å². The van der Waals surface area contributed by atoms with Gasteiger partial charge in [-0.15, -0.1) is 0 Å². The molecule has 2 aromatic rings. The Bertz CT molecular complexity index is 1050. The molecule has 4 nitrogen and oxygen atoms in total. The first-order valence-corrected chi connectivity index (χ1v) is 20.2. The molecule has 2 aliphatic heterocycles. The lowest BCUT2D eigenvalue weighted by Crippen LogP contribution is -2.51. The second-order valence-electron chi connectivity index (χ2n) is 12.3. The van der Waals surface area contributed by atoms with Crippen LogP contribution in [0.3, 0.4) is 0 Å². The van der Waals surface area contributed by atoms with Crippen LogP contribution in [0.4, 0.5) is 0 Å². The number of halogens is 1. The van der Waals surface area contributed by atoms with Crippen molar-refractivity contribution in [2.24, 2.45) is 11.8 Å². The molecule has 0 aromatic heterocycles. The average molecular weight is 688 g/mol. The fourth-order valence-electron chi connectivity index (χ4n) is 5.56. The molecule has 0 bridgehead atoms. The molecule has 0 amide bonds. The molecule has 1 fully saturated rings. The standard InChI is InChI=1S/C17H32N4.C11H9Cl.C9H20.3C2H6/c1-5-13(3)7-8-15-16(6-2)19-14(4)20-17(15)21-11-9-18-10-12-21;1-8-4-2-5-9-6-3-7-10(12)11(8)9;1-4-6-7-8-9(3)5-2;3*1-2/h13,16,18-20H,4-12H2,1-3H3;2-7H,1H3;9H,4-8H2,1-3H3;3*1-2H3. The number of aryl methyl sites for hydroxylation is 1. The zero-order valence-corrected chi connectivity index (χ0v) is 34.7. The average Bonchev–Trinajstić information content (AvgIpc) is 3.14. The van der Waals surface area contributed by atoms with Crippen molar-refractivity contribution in [3.8, 4) is 0 Å². The third-order valence-corrected chi connectivity index (χ3v) is 9.16. The first-order valence-electron chi connectivity index (χ1n) is 19.8. The molecular weight excluding hydrogens is 608 g/mol. The molecule has 0 aliphatic carbocycles. The minimum absolute atomic E-state index is 0.438. The summed E-state index contributed by atoms with van der Waals surface area (Å²) in [6, 6.07) is 12.6. The first-order chi connectivity index (χ1) is 23.2. The van der Waals surface area contributed by atoms with E-state index in [1.165, 1.54) is 73.5 Å². The third kappa shape index (κ3) is 18.6. The number of unbranched alkanes of at least 4 members (excludes halogenated alkanes) is 2. The lowest BCUT2D eigenvalue weighted by Gasteiger charge is -2.40. The summed E-state index contributed by atoms with van der Waals surface area (Å²) in [6.45, 7) is 36.3. The fourth-order valence-corrected chi connectivity index (χ4v) is 5.89. The van der Waals surface area contributed by atoms with E-state index in [2.05, 4.69) is 94.1 Å². The van der Waals surface area contributed by atoms with Crippen LogP contribution >= 0.6 is 11.6 Å². The van der Waals surface area contributed by atoms with Crippen LogP contribution in [-0.2, 0) is 0 Å². The Hall–Kier alpha value is -2.17. The van der Waals surface area contributed by atoms with Gasteiger partial charge in [-0.2, -0.15) is 0 Å². The highest BCUT2D eigenvalue weighted by atomic mass is 35.5. The Labute approximate surface area is 305 Å². The lowest BCUT2D eigenvalue weighted by atomic mass is 9.92. The molecule has 2 aliphatic rings. The third-order valence-electron chi connectivity index (χ3n) is 8.85. The molecule has 3 N–H and O–H groups in total. The van der Waals surface area contributed by atoms with Crippen molar-refractivity contribution in [1.82, 2.24) is 20.9 Å². The number of nitrogens with zero attached hydrogens (tertiary/aromatic N) is 1. The van der Waals surface area contributed by atoms with Gasteiger partial charge in [0, 0.05) is 36.6 Å². The Morgan fingerprint density at radius 3 is 1.92 bits per heavy atom. The zero-order valence-electron chi connectivity index (χ0n) is 33.9. The predicted molar refractivity (Wildman–Crippen MR) is 221 cm³/mol. The van der Waals surface area contributed by atoms with Crippen LogP contribution in [0.25, 0.3) is 10.8 Å². The molecule has 3 atom stereocenters. The second-order valence-corrected chi connectivity index (χ2v) is 12.7. The van der Waals surface area contributed by atoms with Gasteiger partial charge in [-0.1, -0.05) is 170 Å². The number of hydrogen-bond acceptors (Lipinski definition) is 4. The predicted octanol–water partition coefficient (Wildman–Crippen LogP) is 12.9. The quantitative estimate of drug-likeness (QED) is 0.206. The van der Waals surface area contributed by atoms with E-state index in [9.17, 15) is 0 Å². The van der Waals surface area contributed by atoms with E-state index in [1.54, 1.807) is 5.57 Å². The SMILES string of the molecule is C=C1NC(N2CCNCC2)=C(CCC(C)CC)C(CC)N1.CC.CC.CC.CCCCCC(C)CC.Cc1cccc2cccc(Cl)c12. The van der Waals surface area contributed by atoms with Crippen LogP contribution in [0, 0.1) is 18.8 Å². The van der Waals surface area contributed by atoms with Crippen molar-refractivity contribution >= 4 is 22.4 Å². The van der Waals surface area contributed by atoms with Crippen molar-refractivity contribution in [2.75, 3.05) is 26.2 Å². The molecule has 2 aromatic carbocycles. The van der Waals surface area contributed by atoms with Gasteiger partial charge in [-0.05, 0) is 60.6 Å². The highest BCUT2D eigenvalue weighted by molar-refractivity contribution is 6.35. The number of hydrogen-bond donors (Lipinski definition) is 3. The maximum absolute atomic E-state index is 6.06. The van der Waals surface area contributed by atoms with Gasteiger partial charge in [0.15, 0.2) is 0 Å². The van der Waals surface area contributed by atoms with E-state index in [0.717, 1.165) is 55.3 Å². The zero-order chi connectivity index (χ0) is 36.9. The highest BCUT2D eigenvalue weighted by Gasteiger charge is 2.27. The summed E-state index contributed by atoms with van der Waals surface area (Å²) < 4.78 is 0. The Morgan fingerprint density at radius 2 is 1.40 bits per heavy atom. The molecule has 0 spiro atoms. The van der Waals surface area contributed by atoms with E-state index < -0.39 is 0 Å².